The lowest BCUT2D eigenvalue weighted by Gasteiger charge is -2.22. The molecule has 1 heterocycles. The number of carbonyl (C=O) groups is 3. The first kappa shape index (κ1) is 15.5. The van der Waals surface area contributed by atoms with Crippen molar-refractivity contribution in [2.45, 2.75) is 38.6 Å². The van der Waals surface area contributed by atoms with E-state index in [1.165, 1.54) is 0 Å². The molecule has 1 aliphatic rings. The molecule has 1 aliphatic heterocycles. The zero-order valence-electron chi connectivity index (χ0n) is 11.9. The third-order valence-electron chi connectivity index (χ3n) is 3.43. The molecule has 2 N–H and O–H groups in total. The largest absolute Gasteiger partial charge is 0.340 e. The minimum absolute atomic E-state index is 0.226. The number of piperidine rings is 1. The van der Waals surface area contributed by atoms with Crippen molar-refractivity contribution in [2.24, 2.45) is 0 Å². The Labute approximate surface area is 128 Å². The number of carbonyl (C=O) groups excluding carboxylic acids is 3. The minimum Gasteiger partial charge on any atom is -0.340 e. The number of hydrogen-bond donors (Lipinski definition) is 2. The summed E-state index contributed by atoms with van der Waals surface area (Å²) in [5.74, 6) is -0.884. The zero-order valence-corrected chi connectivity index (χ0v) is 12.7. The van der Waals surface area contributed by atoms with Crippen molar-refractivity contribution >= 4 is 29.3 Å². The summed E-state index contributed by atoms with van der Waals surface area (Å²) in [4.78, 5) is 34.8. The second-order valence-electron chi connectivity index (χ2n) is 5.37. The molecule has 5 nitrogen and oxygen atoms in total. The van der Waals surface area contributed by atoms with Gasteiger partial charge in [0, 0.05) is 17.0 Å². The Morgan fingerprint density at radius 1 is 1.38 bits per heavy atom. The number of imide groups is 1. The van der Waals surface area contributed by atoms with E-state index in [4.69, 9.17) is 11.6 Å². The first-order chi connectivity index (χ1) is 9.88. The van der Waals surface area contributed by atoms with Crippen LogP contribution in [-0.2, 0) is 9.59 Å². The highest BCUT2D eigenvalue weighted by molar-refractivity contribution is 6.31. The summed E-state index contributed by atoms with van der Waals surface area (Å²) in [6.45, 7) is 4.04. The van der Waals surface area contributed by atoms with E-state index in [-0.39, 0.29) is 24.2 Å². The number of rotatable bonds is 3. The molecule has 0 bridgehead atoms. The maximum Gasteiger partial charge on any atom is 0.251 e. The van der Waals surface area contributed by atoms with Gasteiger partial charge in [0.1, 0.15) is 6.04 Å². The summed E-state index contributed by atoms with van der Waals surface area (Å²) in [6, 6.07) is 4.41. The van der Waals surface area contributed by atoms with Gasteiger partial charge in [-0.25, -0.2) is 0 Å². The summed E-state index contributed by atoms with van der Waals surface area (Å²) in [5.41, 5.74) is 1.36. The van der Waals surface area contributed by atoms with E-state index in [0.717, 1.165) is 5.56 Å². The SMILES string of the molecule is CC(C)c1ccc(C(=O)NC2CCC(=O)NC2=O)cc1Cl. The van der Waals surface area contributed by atoms with Crippen LogP contribution in [0.5, 0.6) is 0 Å². The molecule has 1 aromatic rings. The maximum atomic E-state index is 12.1. The van der Waals surface area contributed by atoms with E-state index >= 15 is 0 Å². The molecule has 2 rings (SSSR count). The summed E-state index contributed by atoms with van der Waals surface area (Å²) in [6.07, 6.45) is 0.540. The fourth-order valence-corrected chi connectivity index (χ4v) is 2.61. The first-order valence-electron chi connectivity index (χ1n) is 6.82. The van der Waals surface area contributed by atoms with Crippen molar-refractivity contribution in [3.05, 3.63) is 34.3 Å². The quantitative estimate of drug-likeness (QED) is 0.839. The number of benzene rings is 1. The van der Waals surface area contributed by atoms with Gasteiger partial charge < -0.3 is 5.32 Å². The Balaban J connectivity index is 2.08. The molecule has 0 aliphatic carbocycles. The van der Waals surface area contributed by atoms with Gasteiger partial charge in [-0.05, 0) is 30.0 Å². The van der Waals surface area contributed by atoms with Gasteiger partial charge in [0.25, 0.3) is 5.91 Å². The average Bonchev–Trinajstić information content (AvgIpc) is 2.41. The molecule has 0 aromatic heterocycles. The number of nitrogens with one attached hydrogen (secondary N) is 2. The van der Waals surface area contributed by atoms with Crippen LogP contribution in [0.2, 0.25) is 5.02 Å². The molecule has 21 heavy (non-hydrogen) atoms. The Morgan fingerprint density at radius 3 is 2.67 bits per heavy atom. The van der Waals surface area contributed by atoms with E-state index < -0.39 is 11.9 Å². The summed E-state index contributed by atoms with van der Waals surface area (Å²) >= 11 is 6.16. The lowest BCUT2D eigenvalue weighted by atomic mass is 10.0. The van der Waals surface area contributed by atoms with Crippen LogP contribution in [0.1, 0.15) is 48.5 Å². The van der Waals surface area contributed by atoms with Crippen molar-refractivity contribution in [3.63, 3.8) is 0 Å². The zero-order chi connectivity index (χ0) is 15.6. The molecular weight excluding hydrogens is 292 g/mol. The standard InChI is InChI=1S/C15H17ClN2O3/c1-8(2)10-4-3-9(7-11(10)16)14(20)17-12-5-6-13(19)18-15(12)21/h3-4,7-8,12H,5-6H2,1-2H3,(H,17,20)(H,18,19,21). The fraction of sp³-hybridized carbons (Fsp3) is 0.400. The topological polar surface area (TPSA) is 75.3 Å². The van der Waals surface area contributed by atoms with E-state index in [1.54, 1.807) is 12.1 Å². The van der Waals surface area contributed by atoms with Crippen LogP contribution >= 0.6 is 11.6 Å². The van der Waals surface area contributed by atoms with Gasteiger partial charge in [-0.1, -0.05) is 31.5 Å². The maximum absolute atomic E-state index is 12.1. The number of hydrogen-bond acceptors (Lipinski definition) is 3. The fourth-order valence-electron chi connectivity index (χ4n) is 2.21. The van der Waals surface area contributed by atoms with Crippen LogP contribution in [0.25, 0.3) is 0 Å². The molecule has 1 atom stereocenters. The predicted molar refractivity (Wildman–Crippen MR) is 79.2 cm³/mol. The van der Waals surface area contributed by atoms with Crippen molar-refractivity contribution < 1.29 is 14.4 Å². The van der Waals surface area contributed by atoms with Crippen LogP contribution in [0.15, 0.2) is 18.2 Å². The highest BCUT2D eigenvalue weighted by Crippen LogP contribution is 2.25. The summed E-state index contributed by atoms with van der Waals surface area (Å²) < 4.78 is 0. The van der Waals surface area contributed by atoms with Crippen LogP contribution < -0.4 is 10.6 Å². The highest BCUT2D eigenvalue weighted by atomic mass is 35.5. The van der Waals surface area contributed by atoms with Gasteiger partial charge in [-0.15, -0.1) is 0 Å². The molecule has 1 saturated heterocycles. The first-order valence-corrected chi connectivity index (χ1v) is 7.20. The van der Waals surface area contributed by atoms with E-state index in [0.29, 0.717) is 17.0 Å². The molecule has 1 aromatic carbocycles. The van der Waals surface area contributed by atoms with Gasteiger partial charge >= 0.3 is 0 Å². The van der Waals surface area contributed by atoms with Gasteiger partial charge in [-0.2, -0.15) is 0 Å². The molecule has 6 heteroatoms. The molecular formula is C15H17ClN2O3. The lowest BCUT2D eigenvalue weighted by Crippen LogP contribution is -2.52. The molecule has 0 radical (unpaired) electrons. The number of halogens is 1. The third-order valence-corrected chi connectivity index (χ3v) is 3.76. The highest BCUT2D eigenvalue weighted by Gasteiger charge is 2.28. The predicted octanol–water partition coefficient (Wildman–Crippen LogP) is 2.00. The average molecular weight is 309 g/mol. The van der Waals surface area contributed by atoms with Crippen molar-refractivity contribution in [1.82, 2.24) is 10.6 Å². The monoisotopic (exact) mass is 308 g/mol. The Hall–Kier alpha value is -1.88. The normalized spacial score (nSPS) is 18.6. The van der Waals surface area contributed by atoms with Gasteiger partial charge in [0.05, 0.1) is 0 Å². The van der Waals surface area contributed by atoms with E-state index in [1.807, 2.05) is 19.9 Å². The van der Waals surface area contributed by atoms with E-state index in [2.05, 4.69) is 10.6 Å². The summed E-state index contributed by atoms with van der Waals surface area (Å²) in [5, 5.41) is 5.35. The molecule has 0 spiro atoms. The van der Waals surface area contributed by atoms with Crippen LogP contribution in [0, 0.1) is 0 Å². The molecule has 1 unspecified atom stereocenters. The summed E-state index contributed by atoms with van der Waals surface area (Å²) in [7, 11) is 0. The third kappa shape index (κ3) is 3.61. The molecule has 3 amide bonds. The molecule has 1 fully saturated rings. The van der Waals surface area contributed by atoms with Gasteiger partial charge in [0.2, 0.25) is 11.8 Å². The smallest absolute Gasteiger partial charge is 0.251 e. The second kappa shape index (κ2) is 6.26. The molecule has 0 saturated carbocycles. The van der Waals surface area contributed by atoms with Crippen LogP contribution in [-0.4, -0.2) is 23.8 Å². The van der Waals surface area contributed by atoms with Gasteiger partial charge in [-0.3, -0.25) is 19.7 Å². The van der Waals surface area contributed by atoms with Crippen LogP contribution in [0.4, 0.5) is 0 Å². The Morgan fingerprint density at radius 2 is 2.10 bits per heavy atom. The van der Waals surface area contributed by atoms with Crippen molar-refractivity contribution in [1.29, 1.82) is 0 Å². The van der Waals surface area contributed by atoms with E-state index in [9.17, 15) is 14.4 Å². The second-order valence-corrected chi connectivity index (χ2v) is 5.78. The van der Waals surface area contributed by atoms with Gasteiger partial charge in [0.15, 0.2) is 0 Å². The minimum atomic E-state index is -0.682. The molecule has 112 valence electrons. The van der Waals surface area contributed by atoms with Crippen LogP contribution in [0.3, 0.4) is 0 Å². The Bertz CT molecular complexity index is 599. The lowest BCUT2D eigenvalue weighted by molar-refractivity contribution is -0.134. The number of amides is 3. The van der Waals surface area contributed by atoms with Crippen molar-refractivity contribution in [3.8, 4) is 0 Å². The Kier molecular flexibility index (Phi) is 4.63. The van der Waals surface area contributed by atoms with Crippen molar-refractivity contribution in [2.75, 3.05) is 0 Å².